The average molecular weight is 136 g/mol. The van der Waals surface area contributed by atoms with Crippen molar-refractivity contribution in [3.05, 3.63) is 0 Å². The number of quaternary nitrogens is 1. The van der Waals surface area contributed by atoms with Crippen LogP contribution in [0.5, 0.6) is 0 Å². The highest BCUT2D eigenvalue weighted by Crippen LogP contribution is 1.98. The van der Waals surface area contributed by atoms with Gasteiger partial charge >= 0.3 is 0 Å². The largest absolute Gasteiger partial charge is 0.388 e. The third kappa shape index (κ3) is 4.36. The van der Waals surface area contributed by atoms with Crippen LogP contribution in [0.4, 0.5) is 4.39 Å². The SMILES string of the molecule is C[C@@H](O)C[N+](C)(C)CF. The maximum absolute atomic E-state index is 12.0. The first kappa shape index (κ1) is 8.85. The van der Waals surface area contributed by atoms with Crippen molar-refractivity contribution in [2.24, 2.45) is 0 Å². The maximum atomic E-state index is 12.0. The van der Waals surface area contributed by atoms with Crippen molar-refractivity contribution in [1.29, 1.82) is 0 Å². The summed E-state index contributed by atoms with van der Waals surface area (Å²) in [5.41, 5.74) is 0. The molecular weight excluding hydrogens is 121 g/mol. The quantitative estimate of drug-likeness (QED) is 0.439. The molecule has 0 radical (unpaired) electrons. The first-order valence-electron chi connectivity index (χ1n) is 3.04. The summed E-state index contributed by atoms with van der Waals surface area (Å²) in [7, 11) is 3.49. The van der Waals surface area contributed by atoms with Gasteiger partial charge in [-0.3, -0.25) is 4.48 Å². The van der Waals surface area contributed by atoms with E-state index < -0.39 is 12.9 Å². The van der Waals surface area contributed by atoms with Gasteiger partial charge in [-0.15, -0.1) is 0 Å². The third-order valence-electron chi connectivity index (χ3n) is 1.08. The topological polar surface area (TPSA) is 20.2 Å². The highest BCUT2D eigenvalue weighted by atomic mass is 19.1. The lowest BCUT2D eigenvalue weighted by atomic mass is 10.3. The van der Waals surface area contributed by atoms with Crippen molar-refractivity contribution in [2.45, 2.75) is 13.0 Å². The fraction of sp³-hybridized carbons (Fsp3) is 1.00. The Morgan fingerprint density at radius 2 is 2.00 bits per heavy atom. The van der Waals surface area contributed by atoms with Crippen LogP contribution in [0.25, 0.3) is 0 Å². The van der Waals surface area contributed by atoms with E-state index in [0.29, 0.717) is 6.54 Å². The third-order valence-corrected chi connectivity index (χ3v) is 1.08. The lowest BCUT2D eigenvalue weighted by Gasteiger charge is -2.26. The summed E-state index contributed by atoms with van der Waals surface area (Å²) in [5, 5.41) is 8.84. The minimum absolute atomic E-state index is 0.234. The molecule has 0 aromatic carbocycles. The highest BCUT2D eigenvalue weighted by Gasteiger charge is 2.16. The number of hydrogen-bond donors (Lipinski definition) is 1. The average Bonchev–Trinajstić information content (AvgIpc) is 1.63. The van der Waals surface area contributed by atoms with Gasteiger partial charge in [-0.2, -0.15) is 4.39 Å². The molecule has 0 rings (SSSR count). The fourth-order valence-corrected chi connectivity index (χ4v) is 0.764. The summed E-state index contributed by atoms with van der Waals surface area (Å²) in [6.45, 7) is 1.71. The van der Waals surface area contributed by atoms with E-state index in [4.69, 9.17) is 5.11 Å². The Bertz CT molecular complexity index is 83.1. The number of hydrogen-bond acceptors (Lipinski definition) is 1. The normalized spacial score (nSPS) is 15.7. The minimum atomic E-state index is -0.426. The van der Waals surface area contributed by atoms with Gasteiger partial charge in [0.25, 0.3) is 0 Å². The van der Waals surface area contributed by atoms with E-state index in [-0.39, 0.29) is 4.48 Å². The van der Waals surface area contributed by atoms with Gasteiger partial charge in [-0.05, 0) is 6.92 Å². The van der Waals surface area contributed by atoms with Crippen LogP contribution in [-0.2, 0) is 0 Å². The molecule has 0 saturated carbocycles. The molecule has 0 amide bonds. The van der Waals surface area contributed by atoms with E-state index in [2.05, 4.69) is 0 Å². The molecule has 0 aliphatic carbocycles. The second-order valence-corrected chi connectivity index (χ2v) is 3.09. The van der Waals surface area contributed by atoms with Crippen molar-refractivity contribution in [2.75, 3.05) is 27.4 Å². The van der Waals surface area contributed by atoms with Crippen LogP contribution in [0.2, 0.25) is 0 Å². The van der Waals surface area contributed by atoms with Crippen molar-refractivity contribution in [1.82, 2.24) is 0 Å². The van der Waals surface area contributed by atoms with Gasteiger partial charge in [0.05, 0.1) is 14.1 Å². The van der Waals surface area contributed by atoms with Gasteiger partial charge in [0, 0.05) is 0 Å². The Balaban J connectivity index is 3.58. The van der Waals surface area contributed by atoms with Gasteiger partial charge in [0.15, 0.2) is 0 Å². The lowest BCUT2D eigenvalue weighted by molar-refractivity contribution is -0.905. The van der Waals surface area contributed by atoms with Crippen molar-refractivity contribution >= 4 is 0 Å². The summed E-state index contributed by atoms with van der Waals surface area (Å²) in [4.78, 5) is 0. The van der Waals surface area contributed by atoms with E-state index in [1.165, 1.54) is 0 Å². The molecule has 0 aliphatic rings. The van der Waals surface area contributed by atoms with Crippen LogP contribution in [0.15, 0.2) is 0 Å². The van der Waals surface area contributed by atoms with Crippen LogP contribution in [0, 0.1) is 0 Å². The Morgan fingerprint density at radius 3 is 2.11 bits per heavy atom. The van der Waals surface area contributed by atoms with Gasteiger partial charge in [-0.25, -0.2) is 0 Å². The Labute approximate surface area is 55.5 Å². The molecule has 0 saturated heterocycles. The molecule has 56 valence electrons. The zero-order valence-electron chi connectivity index (χ0n) is 6.26. The second-order valence-electron chi connectivity index (χ2n) is 3.09. The second kappa shape index (κ2) is 3.13. The van der Waals surface area contributed by atoms with E-state index in [1.54, 1.807) is 21.0 Å². The predicted molar refractivity (Wildman–Crippen MR) is 34.6 cm³/mol. The number of alkyl halides is 1. The van der Waals surface area contributed by atoms with E-state index >= 15 is 0 Å². The van der Waals surface area contributed by atoms with Gasteiger partial charge in [0.2, 0.25) is 6.80 Å². The number of halogens is 1. The van der Waals surface area contributed by atoms with Crippen LogP contribution in [-0.4, -0.2) is 43.1 Å². The van der Waals surface area contributed by atoms with Gasteiger partial charge in [-0.1, -0.05) is 0 Å². The molecule has 0 fully saturated rings. The van der Waals surface area contributed by atoms with Gasteiger partial charge in [0.1, 0.15) is 12.6 Å². The predicted octanol–water partition coefficient (Wildman–Crippen LogP) is 0.371. The minimum Gasteiger partial charge on any atom is -0.388 e. The summed E-state index contributed by atoms with van der Waals surface area (Å²) >= 11 is 0. The van der Waals surface area contributed by atoms with E-state index in [1.807, 2.05) is 0 Å². The van der Waals surface area contributed by atoms with Crippen LogP contribution in [0.1, 0.15) is 6.92 Å². The number of aliphatic hydroxyl groups excluding tert-OH is 1. The smallest absolute Gasteiger partial charge is 0.221 e. The maximum Gasteiger partial charge on any atom is 0.221 e. The molecule has 2 nitrogen and oxygen atoms in total. The van der Waals surface area contributed by atoms with Crippen LogP contribution >= 0.6 is 0 Å². The first-order valence-corrected chi connectivity index (χ1v) is 3.04. The monoisotopic (exact) mass is 136 g/mol. The lowest BCUT2D eigenvalue weighted by Crippen LogP contribution is -2.43. The molecule has 0 heterocycles. The molecule has 0 spiro atoms. The molecule has 1 atom stereocenters. The van der Waals surface area contributed by atoms with Crippen molar-refractivity contribution < 1.29 is 14.0 Å². The molecule has 3 heteroatoms. The molecular formula is C6H15FNO+. The molecule has 0 aromatic rings. The molecule has 9 heavy (non-hydrogen) atoms. The Morgan fingerprint density at radius 1 is 1.56 bits per heavy atom. The Kier molecular flexibility index (Phi) is 3.08. The number of nitrogens with zero attached hydrogens (tertiary/aromatic N) is 1. The standard InChI is InChI=1S/C6H15FNO/c1-6(9)4-8(2,3)5-7/h6,9H,4-5H2,1-3H3/q+1/t6-/m1/s1. The van der Waals surface area contributed by atoms with E-state index in [9.17, 15) is 4.39 Å². The molecule has 1 N–H and O–H groups in total. The number of aliphatic hydroxyl groups is 1. The molecule has 0 unspecified atom stereocenters. The Hall–Kier alpha value is -0.150. The summed E-state index contributed by atoms with van der Waals surface area (Å²) in [6, 6.07) is 0. The summed E-state index contributed by atoms with van der Waals surface area (Å²) in [5.74, 6) is 0. The van der Waals surface area contributed by atoms with Gasteiger partial charge < -0.3 is 5.11 Å². The highest BCUT2D eigenvalue weighted by molar-refractivity contribution is 4.39. The molecule has 0 bridgehead atoms. The summed E-state index contributed by atoms with van der Waals surface area (Å²) < 4.78 is 12.2. The van der Waals surface area contributed by atoms with Crippen molar-refractivity contribution in [3.8, 4) is 0 Å². The van der Waals surface area contributed by atoms with Crippen LogP contribution in [0.3, 0.4) is 0 Å². The first-order chi connectivity index (χ1) is 3.98. The summed E-state index contributed by atoms with van der Waals surface area (Å²) in [6.07, 6.45) is -0.421. The fourth-order valence-electron chi connectivity index (χ4n) is 0.764. The number of rotatable bonds is 3. The molecule has 0 aromatic heterocycles. The number of likely N-dealkylation sites (N-methyl/N-ethyl adjacent to an activating group) is 1. The van der Waals surface area contributed by atoms with E-state index in [0.717, 1.165) is 0 Å². The van der Waals surface area contributed by atoms with Crippen LogP contribution < -0.4 is 0 Å². The zero-order chi connectivity index (χ0) is 7.49. The van der Waals surface area contributed by atoms with Crippen molar-refractivity contribution in [3.63, 3.8) is 0 Å². The molecule has 0 aliphatic heterocycles. The zero-order valence-corrected chi connectivity index (χ0v) is 6.26.